The van der Waals surface area contributed by atoms with Crippen LogP contribution >= 0.6 is 0 Å². The monoisotopic (exact) mass is 320 g/mol. The minimum Gasteiger partial charge on any atom is -0.480 e. The van der Waals surface area contributed by atoms with Crippen molar-refractivity contribution in [2.24, 2.45) is 0 Å². The number of carbonyl (C=O) groups is 2. The van der Waals surface area contributed by atoms with Gasteiger partial charge in [0.25, 0.3) is 5.91 Å². The van der Waals surface area contributed by atoms with Crippen LogP contribution in [0.25, 0.3) is 0 Å². The highest BCUT2D eigenvalue weighted by atomic mass is 16.5. The van der Waals surface area contributed by atoms with Crippen LogP contribution in [0.4, 0.5) is 0 Å². The number of hydrogen-bond acceptors (Lipinski definition) is 4. The summed E-state index contributed by atoms with van der Waals surface area (Å²) in [6.07, 6.45) is -0.165. The number of carboxylic acids is 1. The Bertz CT molecular complexity index is 588. The summed E-state index contributed by atoms with van der Waals surface area (Å²) >= 11 is 0. The fourth-order valence-electron chi connectivity index (χ4n) is 2.81. The lowest BCUT2D eigenvalue weighted by Gasteiger charge is -2.35. The number of rotatable bonds is 5. The zero-order valence-electron chi connectivity index (χ0n) is 13.9. The molecule has 0 spiro atoms. The summed E-state index contributed by atoms with van der Waals surface area (Å²) < 4.78 is 5.67. The fourth-order valence-corrected chi connectivity index (χ4v) is 2.81. The SMILES string of the molecule is Cc1cccc(C(=O)N2CCOC(CN(C)CC(=O)O)C2)c1C. The first kappa shape index (κ1) is 17.4. The molecule has 1 unspecified atom stereocenters. The van der Waals surface area contributed by atoms with Crippen LogP contribution in [0, 0.1) is 13.8 Å². The first-order valence-corrected chi connectivity index (χ1v) is 7.76. The molecule has 0 aliphatic carbocycles. The molecule has 6 nitrogen and oxygen atoms in total. The maximum Gasteiger partial charge on any atom is 0.317 e. The van der Waals surface area contributed by atoms with Gasteiger partial charge < -0.3 is 14.7 Å². The highest BCUT2D eigenvalue weighted by Gasteiger charge is 2.27. The fraction of sp³-hybridized carbons (Fsp3) is 0.529. The Morgan fingerprint density at radius 1 is 1.39 bits per heavy atom. The van der Waals surface area contributed by atoms with Crippen molar-refractivity contribution in [3.05, 3.63) is 34.9 Å². The van der Waals surface area contributed by atoms with Crippen molar-refractivity contribution < 1.29 is 19.4 Å². The molecule has 1 aliphatic rings. The molecule has 1 aliphatic heterocycles. The van der Waals surface area contributed by atoms with Gasteiger partial charge >= 0.3 is 5.97 Å². The maximum absolute atomic E-state index is 12.7. The summed E-state index contributed by atoms with van der Waals surface area (Å²) in [4.78, 5) is 27.0. The van der Waals surface area contributed by atoms with Crippen LogP contribution in [0.15, 0.2) is 18.2 Å². The second kappa shape index (κ2) is 7.57. The molecule has 0 saturated carbocycles. The van der Waals surface area contributed by atoms with E-state index in [9.17, 15) is 9.59 Å². The van der Waals surface area contributed by atoms with Gasteiger partial charge in [-0.15, -0.1) is 0 Å². The van der Waals surface area contributed by atoms with Crippen LogP contribution in [-0.2, 0) is 9.53 Å². The van der Waals surface area contributed by atoms with Crippen LogP contribution in [-0.4, -0.2) is 72.7 Å². The number of hydrogen-bond donors (Lipinski definition) is 1. The molecule has 1 N–H and O–H groups in total. The molecular formula is C17H24N2O4. The minimum absolute atomic E-state index is 0.0142. The number of carbonyl (C=O) groups excluding carboxylic acids is 1. The minimum atomic E-state index is -0.869. The van der Waals surface area contributed by atoms with Gasteiger partial charge in [-0.3, -0.25) is 14.5 Å². The number of aliphatic carboxylic acids is 1. The molecule has 6 heteroatoms. The summed E-state index contributed by atoms with van der Waals surface area (Å²) in [5.74, 6) is -0.855. The summed E-state index contributed by atoms with van der Waals surface area (Å²) in [7, 11) is 1.74. The zero-order chi connectivity index (χ0) is 17.0. The van der Waals surface area contributed by atoms with Gasteiger partial charge in [-0.2, -0.15) is 0 Å². The Labute approximate surface area is 136 Å². The van der Waals surface area contributed by atoms with Crippen molar-refractivity contribution in [3.63, 3.8) is 0 Å². The molecule has 0 radical (unpaired) electrons. The summed E-state index contributed by atoms with van der Waals surface area (Å²) in [6.45, 7) is 5.92. The molecular weight excluding hydrogens is 296 g/mol. The first-order valence-electron chi connectivity index (χ1n) is 7.76. The lowest BCUT2D eigenvalue weighted by Crippen LogP contribution is -2.49. The largest absolute Gasteiger partial charge is 0.480 e. The van der Waals surface area contributed by atoms with E-state index < -0.39 is 5.97 Å². The number of amides is 1. The van der Waals surface area contributed by atoms with Crippen LogP contribution in [0.5, 0.6) is 0 Å². The second-order valence-electron chi connectivity index (χ2n) is 6.08. The van der Waals surface area contributed by atoms with Gasteiger partial charge in [0.15, 0.2) is 0 Å². The molecule has 1 amide bonds. The van der Waals surface area contributed by atoms with Crippen LogP contribution in [0.3, 0.4) is 0 Å². The molecule has 1 saturated heterocycles. The predicted molar refractivity (Wildman–Crippen MR) is 86.7 cm³/mol. The second-order valence-corrected chi connectivity index (χ2v) is 6.08. The number of aryl methyl sites for hydroxylation is 1. The maximum atomic E-state index is 12.7. The van der Waals surface area contributed by atoms with Crippen LogP contribution < -0.4 is 0 Å². The molecule has 1 atom stereocenters. The van der Waals surface area contributed by atoms with E-state index in [1.54, 1.807) is 16.8 Å². The topological polar surface area (TPSA) is 70.1 Å². The van der Waals surface area contributed by atoms with E-state index in [1.807, 2.05) is 32.0 Å². The van der Waals surface area contributed by atoms with Crippen molar-refractivity contribution in [2.75, 3.05) is 39.8 Å². The number of benzene rings is 1. The number of ether oxygens (including phenoxy) is 1. The lowest BCUT2D eigenvalue weighted by molar-refractivity contribution is -0.138. The number of nitrogens with zero attached hydrogens (tertiary/aromatic N) is 2. The van der Waals surface area contributed by atoms with Gasteiger partial charge in [0, 0.05) is 25.2 Å². The number of carboxylic acid groups (broad SMARTS) is 1. The van der Waals surface area contributed by atoms with Crippen molar-refractivity contribution >= 4 is 11.9 Å². The average Bonchev–Trinajstić information content (AvgIpc) is 2.48. The first-order chi connectivity index (χ1) is 10.9. The average molecular weight is 320 g/mol. The molecule has 0 bridgehead atoms. The molecule has 1 fully saturated rings. The lowest BCUT2D eigenvalue weighted by atomic mass is 10.0. The van der Waals surface area contributed by atoms with Gasteiger partial charge in [0.2, 0.25) is 0 Å². The Balaban J connectivity index is 2.01. The van der Waals surface area contributed by atoms with E-state index in [-0.39, 0.29) is 18.6 Å². The van der Waals surface area contributed by atoms with Crippen molar-refractivity contribution in [1.82, 2.24) is 9.80 Å². The van der Waals surface area contributed by atoms with Gasteiger partial charge in [0.05, 0.1) is 19.3 Å². The highest BCUT2D eigenvalue weighted by molar-refractivity contribution is 5.96. The Kier molecular flexibility index (Phi) is 5.74. The van der Waals surface area contributed by atoms with E-state index in [0.29, 0.717) is 26.2 Å². The molecule has 126 valence electrons. The normalized spacial score (nSPS) is 18.3. The third-order valence-corrected chi connectivity index (χ3v) is 4.18. The quantitative estimate of drug-likeness (QED) is 0.881. The van der Waals surface area contributed by atoms with Crippen molar-refractivity contribution in [3.8, 4) is 0 Å². The van der Waals surface area contributed by atoms with Gasteiger partial charge in [-0.1, -0.05) is 12.1 Å². The van der Waals surface area contributed by atoms with E-state index >= 15 is 0 Å². The molecule has 23 heavy (non-hydrogen) atoms. The van der Waals surface area contributed by atoms with E-state index in [0.717, 1.165) is 16.7 Å². The van der Waals surface area contributed by atoms with Gasteiger partial charge in [-0.05, 0) is 38.1 Å². The van der Waals surface area contributed by atoms with E-state index in [4.69, 9.17) is 9.84 Å². The Morgan fingerprint density at radius 2 is 2.13 bits per heavy atom. The number of morpholine rings is 1. The summed E-state index contributed by atoms with van der Waals surface area (Å²) in [6, 6.07) is 5.74. The third kappa shape index (κ3) is 4.53. The molecule has 1 aromatic rings. The summed E-state index contributed by atoms with van der Waals surface area (Å²) in [5.41, 5.74) is 2.83. The molecule has 2 rings (SSSR count). The van der Waals surface area contributed by atoms with E-state index in [2.05, 4.69) is 0 Å². The molecule has 1 heterocycles. The number of likely N-dealkylation sites (N-methyl/N-ethyl adjacent to an activating group) is 1. The van der Waals surface area contributed by atoms with Crippen LogP contribution in [0.1, 0.15) is 21.5 Å². The van der Waals surface area contributed by atoms with Gasteiger partial charge in [0.1, 0.15) is 0 Å². The molecule has 0 aromatic heterocycles. The standard InChI is InChI=1S/C17H24N2O4/c1-12-5-4-6-15(13(12)2)17(22)19-7-8-23-14(10-19)9-18(3)11-16(20)21/h4-6,14H,7-11H2,1-3H3,(H,20,21). The van der Waals surface area contributed by atoms with Crippen molar-refractivity contribution in [2.45, 2.75) is 20.0 Å². The summed E-state index contributed by atoms with van der Waals surface area (Å²) in [5, 5.41) is 8.81. The zero-order valence-corrected chi connectivity index (χ0v) is 13.9. The predicted octanol–water partition coefficient (Wildman–Crippen LogP) is 1.16. The Hall–Kier alpha value is -1.92. The third-order valence-electron chi connectivity index (χ3n) is 4.18. The van der Waals surface area contributed by atoms with Crippen LogP contribution in [0.2, 0.25) is 0 Å². The van der Waals surface area contributed by atoms with Gasteiger partial charge in [-0.25, -0.2) is 0 Å². The highest BCUT2D eigenvalue weighted by Crippen LogP contribution is 2.17. The van der Waals surface area contributed by atoms with E-state index in [1.165, 1.54) is 0 Å². The van der Waals surface area contributed by atoms with Crippen molar-refractivity contribution in [1.29, 1.82) is 0 Å². The Morgan fingerprint density at radius 3 is 2.83 bits per heavy atom. The smallest absolute Gasteiger partial charge is 0.317 e. The molecule has 1 aromatic carbocycles.